The van der Waals surface area contributed by atoms with Crippen LogP contribution in [0.2, 0.25) is 0 Å². The summed E-state index contributed by atoms with van der Waals surface area (Å²) in [5.41, 5.74) is -0.234. The molecular weight excluding hydrogens is 2080 g/mol. The van der Waals surface area contributed by atoms with Gasteiger partial charge in [-0.3, -0.25) is 19.2 Å². The molecule has 0 spiro atoms. The number of hydrogen-bond acceptors (Lipinski definition) is 10. The Bertz CT molecular complexity index is 4740. The molecule has 1 N–H and O–H groups in total. The molecule has 0 aliphatic carbocycles. The highest BCUT2D eigenvalue weighted by Crippen LogP contribution is 2.39. The van der Waals surface area contributed by atoms with E-state index < -0.39 is 6.84 Å². The van der Waals surface area contributed by atoms with Gasteiger partial charge in [-0.15, -0.1) is 0 Å². The van der Waals surface area contributed by atoms with Crippen molar-refractivity contribution in [3.63, 3.8) is 0 Å². The van der Waals surface area contributed by atoms with Crippen LogP contribution < -0.4 is 23.7 Å². The molecule has 12 aromatic rings. The van der Waals surface area contributed by atoms with E-state index in [-0.39, 0.29) is 86.7 Å². The second-order valence-corrected chi connectivity index (χ2v) is 45.6. The first-order valence-electron chi connectivity index (χ1n) is 34.7. The van der Waals surface area contributed by atoms with Gasteiger partial charge in [0.25, 0.3) is 0 Å². The monoisotopic (exact) mass is 2160 g/mol. The molecule has 6 atom stereocenters. The molecule has 0 amide bonds. The number of carbonyl (C=O) groups excluding carboxylic acids is 4. The van der Waals surface area contributed by atoms with Crippen molar-refractivity contribution >= 4 is 196 Å². The number of rotatable bonds is 21. The van der Waals surface area contributed by atoms with Crippen LogP contribution >= 0.6 is 129 Å². The van der Waals surface area contributed by atoms with Crippen LogP contribution in [0.15, 0.2) is 379 Å². The van der Waals surface area contributed by atoms with E-state index in [1.807, 2.05) is 208 Å². The molecule has 0 aliphatic heterocycles. The fraction of sp³-hybridized carbons (Fsp3) is 0.156. The first-order valence-corrected chi connectivity index (χ1v) is 46.1. The number of ether oxygens (including phenoxy) is 5. The quantitative estimate of drug-likeness (QED) is 0.0244. The summed E-state index contributed by atoms with van der Waals surface area (Å²) in [6.45, 7) is 17.1. The molecule has 0 saturated heterocycles. The van der Waals surface area contributed by atoms with Crippen molar-refractivity contribution in [1.82, 2.24) is 0 Å². The Hall–Kier alpha value is -6.35. The van der Waals surface area contributed by atoms with E-state index in [0.717, 1.165) is 24.9 Å². The van der Waals surface area contributed by atoms with Crippen LogP contribution in [0.5, 0.6) is 34.5 Å². The molecule has 12 aromatic carbocycles. The van der Waals surface area contributed by atoms with Crippen molar-refractivity contribution in [1.29, 1.82) is 0 Å². The van der Waals surface area contributed by atoms with E-state index in [9.17, 15) is 24.3 Å². The molecule has 0 aromatic heterocycles. The Morgan fingerprint density at radius 2 is 0.527 bits per heavy atom. The van der Waals surface area contributed by atoms with E-state index in [0.29, 0.717) is 23.0 Å². The molecular formula is C90H82BrI5O10S4+4. The van der Waals surface area contributed by atoms with E-state index in [1.165, 1.54) is 47.6 Å². The van der Waals surface area contributed by atoms with Crippen molar-refractivity contribution in [2.45, 2.75) is 141 Å². The maximum absolute atomic E-state index is 12.2. The molecule has 0 heterocycles. The zero-order chi connectivity index (χ0) is 79.1. The Morgan fingerprint density at radius 3 is 0.764 bits per heavy atom. The summed E-state index contributed by atoms with van der Waals surface area (Å²) < 4.78 is 28.6. The number of hydrogen-bond donors (Lipinski definition) is 1. The summed E-state index contributed by atoms with van der Waals surface area (Å²) >= 11 is 14.1. The summed E-state index contributed by atoms with van der Waals surface area (Å²) in [4.78, 5) is 62.2. The highest BCUT2D eigenvalue weighted by atomic mass is 127. The van der Waals surface area contributed by atoms with Crippen LogP contribution in [-0.4, -0.2) is 49.3 Å². The Kier molecular flexibility index (Phi) is 33.6. The summed E-state index contributed by atoms with van der Waals surface area (Å²) in [5.74, 6) is 2.40. The predicted molar refractivity (Wildman–Crippen MR) is 494 cm³/mol. The molecule has 564 valence electrons. The highest BCUT2D eigenvalue weighted by Gasteiger charge is 2.35. The minimum atomic E-state index is -0.573. The molecule has 10 nitrogen and oxygen atoms in total. The summed E-state index contributed by atoms with van der Waals surface area (Å²) in [6.07, 6.45) is 0. The minimum absolute atomic E-state index is 0.169. The standard InChI is InChI=1S/C26H28IO3S.C22H19IO3S.C21H17BrIO2S.C21H17I2O2S/c1-25(2,3)30-20-13-17-23(18-14-20)31(21-9-7-6-8-10-21)22-15-11-19(12-16-22)29-24(28)26(4,5)27;1-22(2,23)21(25)26-17-10-14-20(15-11-17)27(18-6-4-3-5-7-18)19-12-8-16(24)9-13-19;1-15(23)21(24)25-17-9-13-20(14-10-17)26(18-5-3-2-4-6-18)19-11-7-16(22)8-12-19;1-15(22)21(24)25-17-9-13-20(14-10-17)26(18-5-3-2-4-6-18)19-11-7-16(23)8-12-19/h6-18H,1-5H3;3-15H,1-2H3;2*2-15H,1H3/q+1;;2*+1/p+1. The van der Waals surface area contributed by atoms with Gasteiger partial charge in [0.05, 0.1) is 43.6 Å². The largest absolute Gasteiger partial charge is 0.508 e. The second-order valence-electron chi connectivity index (χ2n) is 26.2. The van der Waals surface area contributed by atoms with E-state index in [2.05, 4.69) is 287 Å². The van der Waals surface area contributed by atoms with Crippen molar-refractivity contribution in [3.8, 4) is 34.5 Å². The smallest absolute Gasteiger partial charge is 0.326 e. The molecule has 6 unspecified atom stereocenters. The van der Waals surface area contributed by atoms with Crippen molar-refractivity contribution in [2.75, 3.05) is 0 Å². The van der Waals surface area contributed by atoms with Gasteiger partial charge in [-0.1, -0.05) is 179 Å². The maximum Gasteiger partial charge on any atom is 0.326 e. The number of carbonyl (C=O) groups is 4. The van der Waals surface area contributed by atoms with Crippen LogP contribution in [0, 0.1) is 3.57 Å². The zero-order valence-electron chi connectivity index (χ0n) is 61.7. The van der Waals surface area contributed by atoms with Gasteiger partial charge < -0.3 is 28.8 Å². The van der Waals surface area contributed by atoms with Crippen LogP contribution in [0.25, 0.3) is 0 Å². The molecule has 20 heteroatoms. The van der Waals surface area contributed by atoms with Gasteiger partial charge in [0.1, 0.15) is 54.8 Å². The SMILES string of the molecule is CC(C)(C)Oc1ccc([S+](c2ccccc2)c2ccc(OC(=O)C(C)(C)I)cc2)cc1.CC(C)(I)C(=O)Oc1ccc([S+](c2ccccc2)c2ccc(O)cc2)cc1.CC(I)C(=O)Oc1ccc([S+](c2ccccc2)c2ccc(Br)cc2)cc1.CC(I)C(=O)Oc1ccc([S+](c2ccccc2)c2ccc(I)cc2)cc1. The molecule has 0 radical (unpaired) electrons. The van der Waals surface area contributed by atoms with Crippen LogP contribution in [0.1, 0.15) is 62.3 Å². The van der Waals surface area contributed by atoms with Gasteiger partial charge in [0.2, 0.25) is 0 Å². The van der Waals surface area contributed by atoms with Gasteiger partial charge in [0.15, 0.2) is 58.7 Å². The second kappa shape index (κ2) is 42.1. The lowest BCUT2D eigenvalue weighted by atomic mass is 10.2. The number of phenols is 1. The fourth-order valence-electron chi connectivity index (χ4n) is 10.0. The molecule has 110 heavy (non-hydrogen) atoms. The maximum atomic E-state index is 12.2. The third-order valence-electron chi connectivity index (χ3n) is 15.3. The van der Waals surface area contributed by atoms with E-state index in [1.54, 1.807) is 12.1 Å². The lowest BCUT2D eigenvalue weighted by molar-refractivity contribution is -0.136. The topological polar surface area (TPSA) is 135 Å². The highest BCUT2D eigenvalue weighted by molar-refractivity contribution is 14.1. The number of halogens is 6. The minimum Gasteiger partial charge on any atom is -0.508 e. The van der Waals surface area contributed by atoms with Gasteiger partial charge in [-0.25, -0.2) is 0 Å². The normalized spacial score (nSPS) is 12.8. The van der Waals surface area contributed by atoms with Crippen LogP contribution in [0.3, 0.4) is 0 Å². The van der Waals surface area contributed by atoms with Gasteiger partial charge in [0, 0.05) is 8.04 Å². The zero-order valence-corrected chi connectivity index (χ0v) is 77.3. The number of benzene rings is 12. The first kappa shape index (κ1) is 87.6. The lowest BCUT2D eigenvalue weighted by Crippen LogP contribution is -2.28. The molecule has 0 fully saturated rings. The summed E-state index contributed by atoms with van der Waals surface area (Å²) in [6, 6.07) is 105. The van der Waals surface area contributed by atoms with Gasteiger partial charge >= 0.3 is 23.9 Å². The Balaban J connectivity index is 0.000000169. The van der Waals surface area contributed by atoms with Crippen LogP contribution in [0.4, 0.5) is 0 Å². The van der Waals surface area contributed by atoms with Crippen molar-refractivity contribution < 1.29 is 48.0 Å². The fourth-order valence-corrected chi connectivity index (χ4v) is 19.4. The molecule has 0 saturated carbocycles. The Labute approximate surface area is 734 Å². The lowest BCUT2D eigenvalue weighted by Gasteiger charge is -2.21. The summed E-state index contributed by atoms with van der Waals surface area (Å²) in [7, 11) is -1.01. The van der Waals surface area contributed by atoms with Crippen molar-refractivity contribution in [3.05, 3.63) is 323 Å². The number of esters is 4. The molecule has 12 rings (SSSR count). The molecule has 0 bridgehead atoms. The van der Waals surface area contributed by atoms with Crippen LogP contribution in [-0.2, 0) is 62.8 Å². The first-order chi connectivity index (χ1) is 52.5. The third-order valence-corrected chi connectivity index (χ3v) is 27.4. The average molecular weight is 2170 g/mol. The van der Waals surface area contributed by atoms with E-state index in [4.69, 9.17) is 23.7 Å². The van der Waals surface area contributed by atoms with E-state index >= 15 is 0 Å². The Morgan fingerprint density at radius 1 is 0.318 bits per heavy atom. The van der Waals surface area contributed by atoms with Gasteiger partial charge in [-0.05, 0) is 328 Å². The number of aromatic hydroxyl groups is 1. The molecule has 0 aliphatic rings. The van der Waals surface area contributed by atoms with Gasteiger partial charge in [-0.2, -0.15) is 0 Å². The summed E-state index contributed by atoms with van der Waals surface area (Å²) in [5, 5.41) is 9.62. The average Bonchev–Trinajstić information content (AvgIpc) is 0.831. The number of phenolic OH excluding ortho intramolecular Hbond substituents is 1. The third kappa shape index (κ3) is 27.2. The van der Waals surface area contributed by atoms with Crippen molar-refractivity contribution in [2.24, 2.45) is 0 Å². The number of alkyl halides is 4. The predicted octanol–water partition coefficient (Wildman–Crippen LogP) is 25.1.